The highest BCUT2D eigenvalue weighted by atomic mass is 16.5. The molecule has 0 aromatic heterocycles. The first kappa shape index (κ1) is 12.9. The molecule has 18 heavy (non-hydrogen) atoms. The molecule has 0 saturated heterocycles. The lowest BCUT2D eigenvalue weighted by molar-refractivity contribution is -0.142. The largest absolute Gasteiger partial charge is 0.497 e. The predicted molar refractivity (Wildman–Crippen MR) is 66.9 cm³/mol. The Labute approximate surface area is 107 Å². The van der Waals surface area contributed by atoms with E-state index in [9.17, 15) is 9.90 Å². The van der Waals surface area contributed by atoms with E-state index in [0.717, 1.165) is 12.8 Å². The number of aliphatic hydroxyl groups is 1. The molecule has 2 rings (SSSR count). The summed E-state index contributed by atoms with van der Waals surface area (Å²) in [6.07, 6.45) is 2.59. The highest BCUT2D eigenvalue weighted by molar-refractivity contribution is 5.89. The van der Waals surface area contributed by atoms with Crippen molar-refractivity contribution in [2.45, 2.75) is 31.3 Å². The summed E-state index contributed by atoms with van der Waals surface area (Å²) in [5, 5.41) is 10.6. The van der Waals surface area contributed by atoms with Gasteiger partial charge in [-0.2, -0.15) is 0 Å². The van der Waals surface area contributed by atoms with Crippen LogP contribution in [0, 0.1) is 0 Å². The number of methoxy groups -OCH3 is 2. The van der Waals surface area contributed by atoms with Gasteiger partial charge in [-0.1, -0.05) is 0 Å². The molecule has 0 bridgehead atoms. The Balaban J connectivity index is 2.45. The Hall–Kier alpha value is -1.55. The van der Waals surface area contributed by atoms with Gasteiger partial charge in [0, 0.05) is 12.5 Å². The van der Waals surface area contributed by atoms with Crippen molar-refractivity contribution < 1.29 is 19.4 Å². The number of hydrogen-bond acceptors (Lipinski definition) is 4. The minimum Gasteiger partial charge on any atom is -0.497 e. The fraction of sp³-hybridized carbons (Fsp3) is 0.500. The van der Waals surface area contributed by atoms with Gasteiger partial charge in [-0.3, -0.25) is 4.79 Å². The molecule has 1 saturated carbocycles. The molecule has 0 radical (unpaired) electrons. The van der Waals surface area contributed by atoms with Gasteiger partial charge >= 0.3 is 0 Å². The molecule has 0 amide bonds. The molecule has 1 atom stereocenters. The quantitative estimate of drug-likeness (QED) is 0.891. The second-order valence-electron chi connectivity index (χ2n) is 4.59. The van der Waals surface area contributed by atoms with E-state index in [1.807, 2.05) is 0 Å². The van der Waals surface area contributed by atoms with Crippen molar-refractivity contribution in [2.24, 2.45) is 0 Å². The van der Waals surface area contributed by atoms with Crippen molar-refractivity contribution in [3.8, 4) is 11.5 Å². The summed E-state index contributed by atoms with van der Waals surface area (Å²) >= 11 is 0. The van der Waals surface area contributed by atoms with Crippen molar-refractivity contribution in [3.63, 3.8) is 0 Å². The molecule has 98 valence electrons. The maximum absolute atomic E-state index is 12.0. The van der Waals surface area contributed by atoms with Gasteiger partial charge in [0.2, 0.25) is 0 Å². The van der Waals surface area contributed by atoms with Crippen molar-refractivity contribution in [3.05, 3.63) is 23.8 Å². The molecule has 1 aromatic rings. The molecule has 1 aliphatic carbocycles. The van der Waals surface area contributed by atoms with Crippen LogP contribution >= 0.6 is 0 Å². The average Bonchev–Trinajstić information content (AvgIpc) is 2.41. The van der Waals surface area contributed by atoms with E-state index in [0.29, 0.717) is 29.9 Å². The number of rotatable bonds is 3. The van der Waals surface area contributed by atoms with Gasteiger partial charge < -0.3 is 14.6 Å². The number of Topliss-reactive ketones (excluding diaryl/α,β-unsaturated/α-hetero) is 1. The van der Waals surface area contributed by atoms with Crippen LogP contribution < -0.4 is 9.47 Å². The highest BCUT2D eigenvalue weighted by Crippen LogP contribution is 2.37. The van der Waals surface area contributed by atoms with Crippen LogP contribution in [-0.4, -0.2) is 25.1 Å². The molecule has 1 aliphatic rings. The van der Waals surface area contributed by atoms with E-state index in [1.165, 1.54) is 0 Å². The Kier molecular flexibility index (Phi) is 3.57. The maximum atomic E-state index is 12.0. The third-order valence-electron chi connectivity index (χ3n) is 3.48. The number of ether oxygens (including phenoxy) is 2. The van der Waals surface area contributed by atoms with Gasteiger partial charge in [-0.05, 0) is 37.0 Å². The summed E-state index contributed by atoms with van der Waals surface area (Å²) < 4.78 is 10.3. The highest BCUT2D eigenvalue weighted by Gasteiger charge is 2.39. The maximum Gasteiger partial charge on any atom is 0.168 e. The summed E-state index contributed by atoms with van der Waals surface area (Å²) in [5.41, 5.74) is -0.830. The predicted octanol–water partition coefficient (Wildman–Crippen LogP) is 2.03. The standard InChI is InChI=1S/C14H18O4/c1-17-11-7-10(8-12(9-11)18-2)14(16)6-4-3-5-13(14)15/h7-9,16H,3-6H2,1-2H3/t14-/m0/s1. The second kappa shape index (κ2) is 4.98. The van der Waals surface area contributed by atoms with Gasteiger partial charge in [-0.25, -0.2) is 0 Å². The number of ketones is 1. The van der Waals surface area contributed by atoms with Crippen LogP contribution in [0.5, 0.6) is 11.5 Å². The smallest absolute Gasteiger partial charge is 0.168 e. The summed E-state index contributed by atoms with van der Waals surface area (Å²) in [6.45, 7) is 0. The van der Waals surface area contributed by atoms with E-state index in [4.69, 9.17) is 9.47 Å². The van der Waals surface area contributed by atoms with Crippen molar-refractivity contribution >= 4 is 5.78 Å². The lowest BCUT2D eigenvalue weighted by atomic mass is 9.78. The normalized spacial score (nSPS) is 23.8. The van der Waals surface area contributed by atoms with Gasteiger partial charge in [0.05, 0.1) is 14.2 Å². The lowest BCUT2D eigenvalue weighted by Crippen LogP contribution is -2.38. The zero-order valence-electron chi connectivity index (χ0n) is 10.7. The van der Waals surface area contributed by atoms with Crippen molar-refractivity contribution in [1.29, 1.82) is 0 Å². The van der Waals surface area contributed by atoms with Crippen LogP contribution in [0.3, 0.4) is 0 Å². The van der Waals surface area contributed by atoms with E-state index in [-0.39, 0.29) is 5.78 Å². The minimum absolute atomic E-state index is 0.121. The Morgan fingerprint density at radius 1 is 1.11 bits per heavy atom. The van der Waals surface area contributed by atoms with Crippen LogP contribution in [-0.2, 0) is 10.4 Å². The molecule has 1 N–H and O–H groups in total. The molecular weight excluding hydrogens is 232 g/mol. The van der Waals surface area contributed by atoms with Crippen LogP contribution in [0.15, 0.2) is 18.2 Å². The molecule has 0 unspecified atom stereocenters. The van der Waals surface area contributed by atoms with E-state index in [1.54, 1.807) is 32.4 Å². The number of carbonyl (C=O) groups is 1. The lowest BCUT2D eigenvalue weighted by Gasteiger charge is -2.31. The average molecular weight is 250 g/mol. The summed E-state index contributed by atoms with van der Waals surface area (Å²) in [4.78, 5) is 12.0. The molecule has 0 spiro atoms. The summed E-state index contributed by atoms with van der Waals surface area (Å²) in [7, 11) is 3.09. The first-order chi connectivity index (χ1) is 8.60. The van der Waals surface area contributed by atoms with E-state index >= 15 is 0 Å². The topological polar surface area (TPSA) is 55.8 Å². The third kappa shape index (κ3) is 2.20. The minimum atomic E-state index is -1.39. The first-order valence-corrected chi connectivity index (χ1v) is 6.09. The fourth-order valence-electron chi connectivity index (χ4n) is 2.36. The van der Waals surface area contributed by atoms with Crippen LogP contribution in [0.2, 0.25) is 0 Å². The SMILES string of the molecule is COc1cc(OC)cc([C@@]2(O)CCCCC2=O)c1. The van der Waals surface area contributed by atoms with E-state index < -0.39 is 5.60 Å². The van der Waals surface area contributed by atoms with Crippen molar-refractivity contribution in [2.75, 3.05) is 14.2 Å². The first-order valence-electron chi connectivity index (χ1n) is 6.09. The van der Waals surface area contributed by atoms with Gasteiger partial charge in [0.25, 0.3) is 0 Å². The fourth-order valence-corrected chi connectivity index (χ4v) is 2.36. The van der Waals surface area contributed by atoms with Gasteiger partial charge in [0.1, 0.15) is 17.1 Å². The molecule has 4 heteroatoms. The Bertz CT molecular complexity index is 433. The number of carbonyl (C=O) groups excluding carboxylic acids is 1. The van der Waals surface area contributed by atoms with E-state index in [2.05, 4.69) is 0 Å². The molecule has 1 fully saturated rings. The molecule has 0 aliphatic heterocycles. The van der Waals surface area contributed by atoms with Gasteiger partial charge in [0.15, 0.2) is 5.78 Å². The summed E-state index contributed by atoms with van der Waals surface area (Å²) in [5.74, 6) is 1.04. The third-order valence-corrected chi connectivity index (χ3v) is 3.48. The monoisotopic (exact) mass is 250 g/mol. The molecule has 4 nitrogen and oxygen atoms in total. The summed E-state index contributed by atoms with van der Waals surface area (Å²) in [6, 6.07) is 5.12. The second-order valence-corrected chi connectivity index (χ2v) is 4.59. The van der Waals surface area contributed by atoms with Crippen LogP contribution in [0.4, 0.5) is 0 Å². The molecule has 1 aromatic carbocycles. The Morgan fingerprint density at radius 2 is 1.72 bits per heavy atom. The van der Waals surface area contributed by atoms with Gasteiger partial charge in [-0.15, -0.1) is 0 Å². The van der Waals surface area contributed by atoms with Crippen molar-refractivity contribution in [1.82, 2.24) is 0 Å². The Morgan fingerprint density at radius 3 is 2.22 bits per heavy atom. The molecular formula is C14H18O4. The zero-order valence-corrected chi connectivity index (χ0v) is 10.7. The number of hydrogen-bond donors (Lipinski definition) is 1. The molecule has 0 heterocycles. The van der Waals surface area contributed by atoms with Crippen LogP contribution in [0.1, 0.15) is 31.2 Å². The van der Waals surface area contributed by atoms with Crippen LogP contribution in [0.25, 0.3) is 0 Å². The number of benzene rings is 1. The zero-order chi connectivity index (χ0) is 13.2.